The maximum absolute atomic E-state index is 11.7. The summed E-state index contributed by atoms with van der Waals surface area (Å²) in [4.78, 5) is 10.5. The molecule has 0 aliphatic carbocycles. The van der Waals surface area contributed by atoms with Gasteiger partial charge in [-0.25, -0.2) is 5.01 Å². The lowest BCUT2D eigenvalue weighted by molar-refractivity contribution is -0.138. The smallest absolute Gasteiger partial charge is 0.316 e. The topological polar surface area (TPSA) is 41.6 Å². The lowest BCUT2D eigenvalue weighted by Gasteiger charge is -2.26. The number of hydrazine groups is 1. The Balaban J connectivity index is 2.24. The molecule has 0 bridgehead atoms. The summed E-state index contributed by atoms with van der Waals surface area (Å²) in [5.41, 5.74) is 2.08. The number of morpholine rings is 1. The molecule has 1 aliphatic rings. The van der Waals surface area contributed by atoms with Crippen molar-refractivity contribution in [2.75, 3.05) is 26.3 Å². The number of hydrogen-bond donors (Lipinski definition) is 1. The highest BCUT2D eigenvalue weighted by Crippen LogP contribution is 1.96. The Hall–Kier alpha value is -0.750. The largest absolute Gasteiger partial charge is 0.379 e. The van der Waals surface area contributed by atoms with Gasteiger partial charge in [-0.3, -0.25) is 10.2 Å². The minimum absolute atomic E-state index is 0.457. The van der Waals surface area contributed by atoms with Crippen LogP contribution in [0.4, 0.5) is 8.78 Å². The highest BCUT2D eigenvalue weighted by molar-refractivity contribution is 5.78. The second-order valence-electron chi connectivity index (χ2n) is 2.38. The third-order valence-electron chi connectivity index (χ3n) is 1.48. The molecule has 1 saturated heterocycles. The van der Waals surface area contributed by atoms with E-state index in [-0.39, 0.29) is 0 Å². The highest BCUT2D eigenvalue weighted by Gasteiger charge is 2.19. The number of rotatable bonds is 2. The van der Waals surface area contributed by atoms with Gasteiger partial charge in [-0.05, 0) is 0 Å². The van der Waals surface area contributed by atoms with E-state index in [1.165, 1.54) is 5.01 Å². The molecule has 1 aliphatic heterocycles. The Morgan fingerprint density at radius 2 is 2.00 bits per heavy atom. The Bertz CT molecular complexity index is 160. The van der Waals surface area contributed by atoms with Crippen LogP contribution in [0, 0.1) is 0 Å². The second kappa shape index (κ2) is 4.32. The standard InChI is InChI=1S/C6H10F2N2O2/c7-5(8)6(11)9-10-1-3-12-4-2-10/h5H,1-4H2,(H,9,11). The van der Waals surface area contributed by atoms with E-state index >= 15 is 0 Å². The zero-order valence-electron chi connectivity index (χ0n) is 6.43. The van der Waals surface area contributed by atoms with E-state index in [1.807, 2.05) is 0 Å². The summed E-state index contributed by atoms with van der Waals surface area (Å²) in [5.74, 6) is -1.25. The van der Waals surface area contributed by atoms with Gasteiger partial charge in [0.1, 0.15) is 0 Å². The maximum Gasteiger partial charge on any atom is 0.316 e. The number of hydrogen-bond acceptors (Lipinski definition) is 3. The first-order valence-corrected chi connectivity index (χ1v) is 3.61. The van der Waals surface area contributed by atoms with Crippen LogP contribution < -0.4 is 5.43 Å². The van der Waals surface area contributed by atoms with Gasteiger partial charge in [0, 0.05) is 13.1 Å². The Morgan fingerprint density at radius 1 is 1.42 bits per heavy atom. The van der Waals surface area contributed by atoms with Crippen LogP contribution in [0.3, 0.4) is 0 Å². The van der Waals surface area contributed by atoms with Crippen molar-refractivity contribution in [1.29, 1.82) is 0 Å². The quantitative estimate of drug-likeness (QED) is 0.629. The molecule has 0 spiro atoms. The number of carbonyl (C=O) groups is 1. The third kappa shape index (κ3) is 2.71. The molecule has 70 valence electrons. The van der Waals surface area contributed by atoms with Gasteiger partial charge >= 0.3 is 12.3 Å². The molecule has 0 aromatic rings. The summed E-state index contributed by atoms with van der Waals surface area (Å²) in [5, 5.41) is 1.43. The SMILES string of the molecule is O=C(NN1CCOCC1)C(F)F. The van der Waals surface area contributed by atoms with E-state index in [4.69, 9.17) is 4.74 Å². The van der Waals surface area contributed by atoms with Crippen molar-refractivity contribution in [2.45, 2.75) is 6.43 Å². The van der Waals surface area contributed by atoms with E-state index in [0.717, 1.165) is 0 Å². The molecule has 1 amide bonds. The normalized spacial score (nSPS) is 19.6. The number of carbonyl (C=O) groups excluding carboxylic acids is 1. The zero-order valence-corrected chi connectivity index (χ0v) is 6.43. The number of amides is 1. The van der Waals surface area contributed by atoms with Crippen LogP contribution in [0.2, 0.25) is 0 Å². The van der Waals surface area contributed by atoms with Crippen LogP contribution in [0.25, 0.3) is 0 Å². The van der Waals surface area contributed by atoms with Crippen molar-refractivity contribution in [3.8, 4) is 0 Å². The third-order valence-corrected chi connectivity index (χ3v) is 1.48. The molecule has 1 heterocycles. The minimum Gasteiger partial charge on any atom is -0.379 e. The molecule has 1 fully saturated rings. The van der Waals surface area contributed by atoms with Gasteiger partial charge in [0.2, 0.25) is 0 Å². The molecular weight excluding hydrogens is 170 g/mol. The predicted molar refractivity (Wildman–Crippen MR) is 36.5 cm³/mol. The minimum atomic E-state index is -2.95. The van der Waals surface area contributed by atoms with Crippen molar-refractivity contribution in [3.05, 3.63) is 0 Å². The molecule has 12 heavy (non-hydrogen) atoms. The monoisotopic (exact) mass is 180 g/mol. The lowest BCUT2D eigenvalue weighted by atomic mass is 10.5. The fraction of sp³-hybridized carbons (Fsp3) is 0.833. The van der Waals surface area contributed by atoms with Crippen molar-refractivity contribution in [2.24, 2.45) is 0 Å². The molecule has 1 rings (SSSR count). The van der Waals surface area contributed by atoms with Gasteiger partial charge in [0.05, 0.1) is 13.2 Å². The van der Waals surface area contributed by atoms with Crippen molar-refractivity contribution < 1.29 is 18.3 Å². The first-order valence-electron chi connectivity index (χ1n) is 3.61. The predicted octanol–water partition coefficient (Wildman–Crippen LogP) is -0.385. The number of nitrogens with zero attached hydrogens (tertiary/aromatic N) is 1. The van der Waals surface area contributed by atoms with Crippen LogP contribution in [0.5, 0.6) is 0 Å². The molecule has 0 aromatic carbocycles. The lowest BCUT2D eigenvalue weighted by Crippen LogP contribution is -2.50. The fourth-order valence-corrected chi connectivity index (χ4v) is 0.880. The molecule has 0 unspecified atom stereocenters. The summed E-state index contributed by atoms with van der Waals surface area (Å²) in [7, 11) is 0. The van der Waals surface area contributed by atoms with Crippen LogP contribution >= 0.6 is 0 Å². The highest BCUT2D eigenvalue weighted by atomic mass is 19.3. The van der Waals surface area contributed by atoms with Gasteiger partial charge in [0.25, 0.3) is 0 Å². The average molecular weight is 180 g/mol. The molecule has 6 heteroatoms. The number of alkyl halides is 2. The Morgan fingerprint density at radius 3 is 2.50 bits per heavy atom. The van der Waals surface area contributed by atoms with Crippen LogP contribution in [-0.4, -0.2) is 43.6 Å². The summed E-state index contributed by atoms with van der Waals surface area (Å²) in [6.45, 7) is 1.84. The summed E-state index contributed by atoms with van der Waals surface area (Å²) in [6, 6.07) is 0. The van der Waals surface area contributed by atoms with E-state index in [2.05, 4.69) is 5.43 Å². The second-order valence-corrected chi connectivity index (χ2v) is 2.38. The van der Waals surface area contributed by atoms with E-state index in [0.29, 0.717) is 26.3 Å². The number of nitrogens with one attached hydrogen (secondary N) is 1. The summed E-state index contributed by atoms with van der Waals surface area (Å²) < 4.78 is 28.4. The summed E-state index contributed by atoms with van der Waals surface area (Å²) >= 11 is 0. The van der Waals surface area contributed by atoms with Crippen molar-refractivity contribution in [3.63, 3.8) is 0 Å². The molecular formula is C6H10F2N2O2. The Kier molecular flexibility index (Phi) is 3.36. The van der Waals surface area contributed by atoms with Gasteiger partial charge in [0.15, 0.2) is 0 Å². The van der Waals surface area contributed by atoms with Gasteiger partial charge in [-0.15, -0.1) is 0 Å². The van der Waals surface area contributed by atoms with Gasteiger partial charge in [-0.2, -0.15) is 8.78 Å². The fourth-order valence-electron chi connectivity index (χ4n) is 0.880. The van der Waals surface area contributed by atoms with Crippen LogP contribution in [-0.2, 0) is 9.53 Å². The molecule has 4 nitrogen and oxygen atoms in total. The molecule has 1 N–H and O–H groups in total. The van der Waals surface area contributed by atoms with Gasteiger partial charge < -0.3 is 4.74 Å². The van der Waals surface area contributed by atoms with Crippen LogP contribution in [0.15, 0.2) is 0 Å². The molecule has 0 radical (unpaired) electrons. The van der Waals surface area contributed by atoms with Crippen molar-refractivity contribution >= 4 is 5.91 Å². The number of ether oxygens (including phenoxy) is 1. The average Bonchev–Trinajstić information content (AvgIpc) is 2.06. The molecule has 0 atom stereocenters. The van der Waals surface area contributed by atoms with E-state index in [9.17, 15) is 13.6 Å². The van der Waals surface area contributed by atoms with E-state index < -0.39 is 12.3 Å². The van der Waals surface area contributed by atoms with Gasteiger partial charge in [-0.1, -0.05) is 0 Å². The zero-order chi connectivity index (χ0) is 8.97. The van der Waals surface area contributed by atoms with E-state index in [1.54, 1.807) is 0 Å². The summed E-state index contributed by atoms with van der Waals surface area (Å²) in [6.07, 6.45) is -2.95. The molecule has 0 saturated carbocycles. The number of halogens is 2. The first kappa shape index (κ1) is 9.34. The maximum atomic E-state index is 11.7. The van der Waals surface area contributed by atoms with Crippen LogP contribution in [0.1, 0.15) is 0 Å². The Labute approximate surface area is 68.4 Å². The first-order chi connectivity index (χ1) is 5.70. The van der Waals surface area contributed by atoms with Crippen molar-refractivity contribution in [1.82, 2.24) is 10.4 Å². The molecule has 0 aromatic heterocycles.